The first-order valence-electron chi connectivity index (χ1n) is 7.47. The number of ether oxygens (including phenoxy) is 1. The van der Waals surface area contributed by atoms with Gasteiger partial charge >= 0.3 is 5.97 Å². The number of rotatable bonds is 6. The van der Waals surface area contributed by atoms with Crippen LogP contribution in [0.2, 0.25) is 0 Å². The zero-order chi connectivity index (χ0) is 17.6. The van der Waals surface area contributed by atoms with E-state index in [9.17, 15) is 9.59 Å². The molecule has 0 aliphatic rings. The van der Waals surface area contributed by atoms with Gasteiger partial charge in [0.2, 0.25) is 5.89 Å². The Kier molecular flexibility index (Phi) is 5.20. The number of hydrogen-bond acceptors (Lipinski definition) is 7. The standard InChI is InChI=1S/C17H15N3O4S/c1-11-10-25-17(18-11)20-14(21)9-23-15(22)7-13-8-24-16(19-13)12-5-3-2-4-6-12/h2-6,8,10H,7,9H2,1H3,(H,18,20,21). The normalized spacial score (nSPS) is 10.4. The van der Waals surface area contributed by atoms with E-state index < -0.39 is 11.9 Å². The SMILES string of the molecule is Cc1csc(NC(=O)COC(=O)Cc2coc(-c3ccccc3)n2)n1. The number of hydrogen-bond donors (Lipinski definition) is 1. The van der Waals surface area contributed by atoms with Gasteiger partial charge in [0, 0.05) is 10.9 Å². The molecule has 0 saturated carbocycles. The number of benzene rings is 1. The molecule has 1 N–H and O–H groups in total. The summed E-state index contributed by atoms with van der Waals surface area (Å²) in [5.74, 6) is -0.563. The summed E-state index contributed by atoms with van der Waals surface area (Å²) in [6, 6.07) is 9.35. The van der Waals surface area contributed by atoms with Crippen LogP contribution in [0.1, 0.15) is 11.4 Å². The van der Waals surface area contributed by atoms with Crippen LogP contribution in [0.5, 0.6) is 0 Å². The number of thiazole rings is 1. The van der Waals surface area contributed by atoms with E-state index in [-0.39, 0.29) is 13.0 Å². The average molecular weight is 357 g/mol. The van der Waals surface area contributed by atoms with Crippen molar-refractivity contribution >= 4 is 28.3 Å². The van der Waals surface area contributed by atoms with Crippen molar-refractivity contribution in [3.05, 3.63) is 53.4 Å². The lowest BCUT2D eigenvalue weighted by Crippen LogP contribution is -2.21. The van der Waals surface area contributed by atoms with Gasteiger partial charge in [-0.25, -0.2) is 9.97 Å². The molecule has 0 aliphatic heterocycles. The lowest BCUT2D eigenvalue weighted by Gasteiger charge is -2.03. The van der Waals surface area contributed by atoms with Gasteiger partial charge in [0.05, 0.1) is 17.8 Å². The highest BCUT2D eigenvalue weighted by molar-refractivity contribution is 7.13. The highest BCUT2D eigenvalue weighted by Gasteiger charge is 2.13. The number of esters is 1. The summed E-state index contributed by atoms with van der Waals surface area (Å²) in [5.41, 5.74) is 2.08. The van der Waals surface area contributed by atoms with Crippen LogP contribution in [-0.4, -0.2) is 28.5 Å². The van der Waals surface area contributed by atoms with Crippen LogP contribution in [-0.2, 0) is 20.7 Å². The minimum atomic E-state index is -0.557. The molecule has 3 aromatic rings. The summed E-state index contributed by atoms with van der Waals surface area (Å²) in [4.78, 5) is 31.9. The number of amides is 1. The van der Waals surface area contributed by atoms with Crippen LogP contribution in [0, 0.1) is 6.92 Å². The number of carbonyl (C=O) groups excluding carboxylic acids is 2. The minimum Gasteiger partial charge on any atom is -0.455 e. The molecule has 8 heteroatoms. The number of aromatic nitrogens is 2. The third-order valence-electron chi connectivity index (χ3n) is 3.13. The number of anilines is 1. The second kappa shape index (κ2) is 7.71. The first kappa shape index (κ1) is 16.8. The van der Waals surface area contributed by atoms with Crippen LogP contribution >= 0.6 is 11.3 Å². The van der Waals surface area contributed by atoms with Gasteiger partial charge in [0.25, 0.3) is 5.91 Å². The van der Waals surface area contributed by atoms with E-state index in [0.717, 1.165) is 11.3 Å². The van der Waals surface area contributed by atoms with Crippen molar-refractivity contribution in [1.29, 1.82) is 0 Å². The van der Waals surface area contributed by atoms with Gasteiger partial charge in [-0.05, 0) is 19.1 Å². The van der Waals surface area contributed by atoms with E-state index in [1.54, 1.807) is 0 Å². The zero-order valence-corrected chi connectivity index (χ0v) is 14.2. The fourth-order valence-electron chi connectivity index (χ4n) is 2.01. The average Bonchev–Trinajstić information content (AvgIpc) is 3.23. The van der Waals surface area contributed by atoms with Crippen LogP contribution in [0.4, 0.5) is 5.13 Å². The van der Waals surface area contributed by atoms with Gasteiger partial charge < -0.3 is 9.15 Å². The van der Waals surface area contributed by atoms with E-state index in [1.807, 2.05) is 42.6 Å². The molecule has 0 spiro atoms. The van der Waals surface area contributed by atoms with Crippen molar-refractivity contribution in [1.82, 2.24) is 9.97 Å². The zero-order valence-electron chi connectivity index (χ0n) is 13.4. The Hall–Kier alpha value is -3.00. The van der Waals surface area contributed by atoms with Crippen LogP contribution in [0.3, 0.4) is 0 Å². The molecule has 128 valence electrons. The molecule has 0 radical (unpaired) electrons. The van der Waals surface area contributed by atoms with Crippen LogP contribution in [0.15, 0.2) is 46.4 Å². The third-order valence-corrected chi connectivity index (χ3v) is 4.00. The van der Waals surface area contributed by atoms with Gasteiger partial charge in [-0.2, -0.15) is 0 Å². The molecular weight excluding hydrogens is 342 g/mol. The largest absolute Gasteiger partial charge is 0.455 e. The molecule has 1 amide bonds. The molecule has 0 atom stereocenters. The van der Waals surface area contributed by atoms with E-state index in [1.165, 1.54) is 17.6 Å². The Bertz CT molecular complexity index is 873. The molecule has 7 nitrogen and oxygen atoms in total. The molecule has 0 fully saturated rings. The van der Waals surface area contributed by atoms with Crippen molar-refractivity contribution < 1.29 is 18.7 Å². The predicted molar refractivity (Wildman–Crippen MR) is 92.1 cm³/mol. The lowest BCUT2D eigenvalue weighted by molar-refractivity contribution is -0.146. The molecule has 0 unspecified atom stereocenters. The summed E-state index contributed by atoms with van der Waals surface area (Å²) in [6.07, 6.45) is 1.34. The van der Waals surface area contributed by atoms with Gasteiger partial charge in [-0.15, -0.1) is 11.3 Å². The van der Waals surface area contributed by atoms with Crippen molar-refractivity contribution in [2.45, 2.75) is 13.3 Å². The molecule has 2 heterocycles. The Balaban J connectivity index is 1.48. The predicted octanol–water partition coefficient (Wildman–Crippen LogP) is 2.83. The van der Waals surface area contributed by atoms with Gasteiger partial charge in [0.15, 0.2) is 11.7 Å². The van der Waals surface area contributed by atoms with Gasteiger partial charge in [-0.1, -0.05) is 18.2 Å². The Labute approximate surface area is 147 Å². The number of nitrogens with zero attached hydrogens (tertiary/aromatic N) is 2. The topological polar surface area (TPSA) is 94.3 Å². The van der Waals surface area contributed by atoms with Crippen LogP contribution in [0.25, 0.3) is 11.5 Å². The number of nitrogens with one attached hydrogen (secondary N) is 1. The molecule has 0 aliphatic carbocycles. The summed E-state index contributed by atoms with van der Waals surface area (Å²) in [6.45, 7) is 1.45. The third kappa shape index (κ3) is 4.74. The maximum absolute atomic E-state index is 11.8. The van der Waals surface area contributed by atoms with Crippen LogP contribution < -0.4 is 5.32 Å². The van der Waals surface area contributed by atoms with E-state index in [0.29, 0.717) is 16.7 Å². The molecule has 25 heavy (non-hydrogen) atoms. The minimum absolute atomic E-state index is 0.0695. The molecule has 3 rings (SSSR count). The van der Waals surface area contributed by atoms with E-state index in [4.69, 9.17) is 9.15 Å². The monoisotopic (exact) mass is 357 g/mol. The smallest absolute Gasteiger partial charge is 0.312 e. The van der Waals surface area contributed by atoms with Crippen molar-refractivity contribution in [2.75, 3.05) is 11.9 Å². The van der Waals surface area contributed by atoms with Crippen molar-refractivity contribution in [3.63, 3.8) is 0 Å². The van der Waals surface area contributed by atoms with Gasteiger partial charge in [-0.3, -0.25) is 14.9 Å². The summed E-state index contributed by atoms with van der Waals surface area (Å²) < 4.78 is 10.3. The van der Waals surface area contributed by atoms with Crippen molar-refractivity contribution in [3.8, 4) is 11.5 Å². The molecule has 0 bridgehead atoms. The highest BCUT2D eigenvalue weighted by atomic mass is 32.1. The van der Waals surface area contributed by atoms with Gasteiger partial charge in [0.1, 0.15) is 6.26 Å². The van der Waals surface area contributed by atoms with Crippen molar-refractivity contribution in [2.24, 2.45) is 0 Å². The summed E-state index contributed by atoms with van der Waals surface area (Å²) in [7, 11) is 0. The quantitative estimate of drug-likeness (QED) is 0.682. The Morgan fingerprint density at radius 2 is 2.04 bits per heavy atom. The molecule has 1 aromatic carbocycles. The number of carbonyl (C=O) groups is 2. The second-order valence-electron chi connectivity index (χ2n) is 5.19. The maximum atomic E-state index is 11.8. The van der Waals surface area contributed by atoms with E-state index >= 15 is 0 Å². The first-order valence-corrected chi connectivity index (χ1v) is 8.35. The Morgan fingerprint density at radius 1 is 1.24 bits per heavy atom. The highest BCUT2D eigenvalue weighted by Crippen LogP contribution is 2.18. The Morgan fingerprint density at radius 3 is 2.76 bits per heavy atom. The number of aryl methyl sites for hydroxylation is 1. The molecule has 2 aromatic heterocycles. The lowest BCUT2D eigenvalue weighted by atomic mass is 10.2. The molecule has 0 saturated heterocycles. The van der Waals surface area contributed by atoms with E-state index in [2.05, 4.69) is 15.3 Å². The summed E-state index contributed by atoms with van der Waals surface area (Å²) in [5, 5.41) is 4.86. The second-order valence-corrected chi connectivity index (χ2v) is 6.05. The molecular formula is C17H15N3O4S. The first-order chi connectivity index (χ1) is 12.1. The fraction of sp³-hybridized carbons (Fsp3) is 0.176. The summed E-state index contributed by atoms with van der Waals surface area (Å²) >= 11 is 1.31. The fourth-order valence-corrected chi connectivity index (χ4v) is 2.72. The number of oxazole rings is 1. The maximum Gasteiger partial charge on any atom is 0.312 e.